The third kappa shape index (κ3) is 1.50. The number of aromatic nitrogens is 3. The van der Waals surface area contributed by atoms with E-state index in [2.05, 4.69) is 58.5 Å². The van der Waals surface area contributed by atoms with Crippen molar-refractivity contribution in [3.05, 3.63) is 36.4 Å². The largest absolute Gasteiger partial charge is 0.219 e. The molecule has 0 bridgehead atoms. The molecule has 1 aliphatic carbocycles. The topological polar surface area (TPSA) is 38.7 Å². The molecular formula is C15H11N3S. The van der Waals surface area contributed by atoms with E-state index in [1.807, 2.05) is 0 Å². The Hall–Kier alpha value is -1.94. The van der Waals surface area contributed by atoms with Gasteiger partial charge in [-0.15, -0.1) is 10.2 Å². The lowest BCUT2D eigenvalue weighted by atomic mass is 10.0. The van der Waals surface area contributed by atoms with Gasteiger partial charge in [0.1, 0.15) is 11.4 Å². The fourth-order valence-corrected chi connectivity index (χ4v) is 3.12. The van der Waals surface area contributed by atoms with Crippen molar-refractivity contribution in [1.82, 2.24) is 15.2 Å². The first kappa shape index (κ1) is 10.9. The monoisotopic (exact) mass is 265 g/mol. The van der Waals surface area contributed by atoms with Crippen LogP contribution in [0.2, 0.25) is 0 Å². The quantitative estimate of drug-likeness (QED) is 0.517. The van der Waals surface area contributed by atoms with E-state index in [4.69, 9.17) is 0 Å². The van der Waals surface area contributed by atoms with Gasteiger partial charge in [-0.3, -0.25) is 0 Å². The summed E-state index contributed by atoms with van der Waals surface area (Å²) in [5, 5.41) is 11.8. The third-order valence-electron chi connectivity index (χ3n) is 3.36. The normalized spacial score (nSPS) is 11.8. The second-order valence-electron chi connectivity index (χ2n) is 4.43. The summed E-state index contributed by atoms with van der Waals surface area (Å²) in [5.74, 6) is 0.956. The zero-order chi connectivity index (χ0) is 12.8. The zero-order valence-corrected chi connectivity index (χ0v) is 11.2. The van der Waals surface area contributed by atoms with Crippen molar-refractivity contribution in [3.63, 3.8) is 0 Å². The molecule has 1 aromatic heterocycles. The summed E-state index contributed by atoms with van der Waals surface area (Å²) in [6.07, 6.45) is 0. The number of benzene rings is 2. The van der Waals surface area contributed by atoms with Crippen molar-refractivity contribution in [2.75, 3.05) is 5.75 Å². The number of rotatable bonds is 2. The molecule has 3 aromatic rings. The Balaban J connectivity index is 2.06. The van der Waals surface area contributed by atoms with Gasteiger partial charge < -0.3 is 0 Å². The summed E-state index contributed by atoms with van der Waals surface area (Å²) in [6, 6.07) is 12.6. The standard InChI is InChI=1S/C15H11N3S/c1-2-19-15-16-13-10-7-3-5-9-6-4-8-11(12(9)10)14(13)17-18-15/h3-8H,2H2,1H3. The van der Waals surface area contributed by atoms with Crippen LogP contribution in [0.1, 0.15) is 6.92 Å². The number of thioether (sulfide) groups is 1. The number of nitrogens with zero attached hydrogens (tertiary/aromatic N) is 3. The van der Waals surface area contributed by atoms with Crippen LogP contribution < -0.4 is 0 Å². The lowest BCUT2D eigenvalue weighted by Crippen LogP contribution is -1.95. The maximum atomic E-state index is 4.67. The first-order chi connectivity index (χ1) is 9.38. The van der Waals surface area contributed by atoms with Crippen LogP contribution in [0.25, 0.3) is 33.3 Å². The first-order valence-corrected chi connectivity index (χ1v) is 7.27. The fraction of sp³-hybridized carbons (Fsp3) is 0.133. The molecule has 1 heterocycles. The zero-order valence-electron chi connectivity index (χ0n) is 10.4. The highest BCUT2D eigenvalue weighted by Crippen LogP contribution is 2.44. The van der Waals surface area contributed by atoms with Crippen LogP contribution in [0.3, 0.4) is 0 Å². The van der Waals surface area contributed by atoms with Crippen LogP contribution in [-0.4, -0.2) is 20.9 Å². The van der Waals surface area contributed by atoms with Gasteiger partial charge in [-0.25, -0.2) is 4.98 Å². The van der Waals surface area contributed by atoms with Gasteiger partial charge in [-0.05, 0) is 11.1 Å². The van der Waals surface area contributed by atoms with Crippen LogP contribution in [-0.2, 0) is 0 Å². The summed E-state index contributed by atoms with van der Waals surface area (Å²) in [6.45, 7) is 2.09. The second-order valence-corrected chi connectivity index (χ2v) is 5.67. The molecule has 0 radical (unpaired) electrons. The average molecular weight is 265 g/mol. The van der Waals surface area contributed by atoms with E-state index in [1.54, 1.807) is 11.8 Å². The lowest BCUT2D eigenvalue weighted by molar-refractivity contribution is 0.854. The molecule has 92 valence electrons. The van der Waals surface area contributed by atoms with E-state index in [0.29, 0.717) is 0 Å². The van der Waals surface area contributed by atoms with Crippen LogP contribution in [0, 0.1) is 0 Å². The fourth-order valence-electron chi connectivity index (χ4n) is 2.61. The minimum absolute atomic E-state index is 0.756. The van der Waals surface area contributed by atoms with Crippen molar-refractivity contribution in [3.8, 4) is 22.5 Å². The Morgan fingerprint density at radius 2 is 1.68 bits per heavy atom. The molecule has 4 rings (SSSR count). The molecule has 19 heavy (non-hydrogen) atoms. The maximum Gasteiger partial charge on any atom is 0.209 e. The molecule has 0 saturated heterocycles. The van der Waals surface area contributed by atoms with Gasteiger partial charge in [-0.1, -0.05) is 55.1 Å². The number of fused-ring (bicyclic) bond motifs is 3. The summed E-state index contributed by atoms with van der Waals surface area (Å²) < 4.78 is 0. The Kier molecular flexibility index (Phi) is 2.32. The highest BCUT2D eigenvalue weighted by Gasteiger charge is 2.24. The van der Waals surface area contributed by atoms with E-state index < -0.39 is 0 Å². The minimum atomic E-state index is 0.756. The van der Waals surface area contributed by atoms with E-state index in [0.717, 1.165) is 27.9 Å². The Morgan fingerprint density at radius 3 is 2.42 bits per heavy atom. The Bertz CT molecular complexity index is 793. The van der Waals surface area contributed by atoms with Crippen LogP contribution in [0.4, 0.5) is 0 Å². The average Bonchev–Trinajstić information content (AvgIpc) is 2.77. The van der Waals surface area contributed by atoms with E-state index >= 15 is 0 Å². The molecule has 3 nitrogen and oxygen atoms in total. The molecule has 2 aromatic carbocycles. The maximum absolute atomic E-state index is 4.67. The van der Waals surface area contributed by atoms with Crippen molar-refractivity contribution in [1.29, 1.82) is 0 Å². The molecule has 0 amide bonds. The molecule has 1 aliphatic rings. The Labute approximate surface area is 115 Å². The van der Waals surface area contributed by atoms with E-state index in [-0.39, 0.29) is 0 Å². The van der Waals surface area contributed by atoms with Crippen molar-refractivity contribution in [2.24, 2.45) is 0 Å². The number of hydrogen-bond donors (Lipinski definition) is 0. The number of hydrogen-bond acceptors (Lipinski definition) is 4. The third-order valence-corrected chi connectivity index (χ3v) is 4.08. The molecule has 0 N–H and O–H groups in total. The van der Waals surface area contributed by atoms with Crippen molar-refractivity contribution in [2.45, 2.75) is 12.1 Å². The van der Waals surface area contributed by atoms with Gasteiger partial charge in [0.05, 0.1) is 0 Å². The molecule has 0 atom stereocenters. The predicted molar refractivity (Wildman–Crippen MR) is 78.2 cm³/mol. The van der Waals surface area contributed by atoms with E-state index in [9.17, 15) is 0 Å². The van der Waals surface area contributed by atoms with Gasteiger partial charge in [-0.2, -0.15) is 0 Å². The molecule has 0 saturated carbocycles. The predicted octanol–water partition coefficient (Wildman–Crippen LogP) is 3.78. The minimum Gasteiger partial charge on any atom is -0.219 e. The second kappa shape index (κ2) is 4.03. The summed E-state index contributed by atoms with van der Waals surface area (Å²) in [7, 11) is 0. The van der Waals surface area contributed by atoms with Crippen LogP contribution in [0.15, 0.2) is 41.6 Å². The van der Waals surface area contributed by atoms with Crippen molar-refractivity contribution >= 4 is 22.5 Å². The van der Waals surface area contributed by atoms with Gasteiger partial charge in [0.15, 0.2) is 0 Å². The smallest absolute Gasteiger partial charge is 0.209 e. The summed E-state index contributed by atoms with van der Waals surface area (Å²) in [4.78, 5) is 4.67. The van der Waals surface area contributed by atoms with Crippen LogP contribution >= 0.6 is 11.8 Å². The SMILES string of the molecule is CCSc1nnc2c(n1)-c1cccc3cccc-2c13. The highest BCUT2D eigenvalue weighted by atomic mass is 32.2. The van der Waals surface area contributed by atoms with Gasteiger partial charge in [0, 0.05) is 16.5 Å². The van der Waals surface area contributed by atoms with Gasteiger partial charge >= 0.3 is 0 Å². The molecule has 0 aliphatic heterocycles. The summed E-state index contributed by atoms with van der Waals surface area (Å²) in [5.41, 5.74) is 4.21. The lowest BCUT2D eigenvalue weighted by Gasteiger charge is -2.01. The van der Waals surface area contributed by atoms with Crippen molar-refractivity contribution < 1.29 is 0 Å². The molecule has 0 fully saturated rings. The van der Waals surface area contributed by atoms with Crippen LogP contribution in [0.5, 0.6) is 0 Å². The molecule has 0 spiro atoms. The molecule has 4 heteroatoms. The Morgan fingerprint density at radius 1 is 0.947 bits per heavy atom. The van der Waals surface area contributed by atoms with Gasteiger partial charge in [0.2, 0.25) is 5.16 Å². The first-order valence-electron chi connectivity index (χ1n) is 6.28. The molecule has 0 unspecified atom stereocenters. The van der Waals surface area contributed by atoms with E-state index in [1.165, 1.54) is 16.3 Å². The molecular weight excluding hydrogens is 254 g/mol. The van der Waals surface area contributed by atoms with Gasteiger partial charge in [0.25, 0.3) is 0 Å². The summed E-state index contributed by atoms with van der Waals surface area (Å²) >= 11 is 1.62. The highest BCUT2D eigenvalue weighted by molar-refractivity contribution is 7.99.